The highest BCUT2D eigenvalue weighted by Gasteiger charge is 2.51. The summed E-state index contributed by atoms with van der Waals surface area (Å²) in [6.45, 7) is 6.26. The molecule has 0 saturated carbocycles. The highest BCUT2D eigenvalue weighted by molar-refractivity contribution is 5.98. The van der Waals surface area contributed by atoms with Crippen LogP contribution in [0.15, 0.2) is 72.4 Å². The number of hydrogen-bond donors (Lipinski definition) is 1. The number of anilines is 1. The molecule has 1 atom stereocenters. The van der Waals surface area contributed by atoms with Gasteiger partial charge in [-0.25, -0.2) is 0 Å². The van der Waals surface area contributed by atoms with E-state index in [2.05, 4.69) is 37.8 Å². The fourth-order valence-corrected chi connectivity index (χ4v) is 7.24. The first-order chi connectivity index (χ1) is 18.7. The van der Waals surface area contributed by atoms with Crippen LogP contribution in [0.2, 0.25) is 0 Å². The van der Waals surface area contributed by atoms with Gasteiger partial charge in [-0.15, -0.1) is 0 Å². The number of nitrogens with zero attached hydrogens (tertiary/aromatic N) is 2. The third kappa shape index (κ3) is 3.62. The van der Waals surface area contributed by atoms with Crippen LogP contribution in [0.3, 0.4) is 0 Å². The van der Waals surface area contributed by atoms with Gasteiger partial charge in [-0.2, -0.15) is 0 Å². The Kier molecular flexibility index (Phi) is 5.84. The van der Waals surface area contributed by atoms with Crippen LogP contribution in [0.1, 0.15) is 61.4 Å². The number of fused-ring (bicyclic) bond motifs is 6. The number of aliphatic hydroxyl groups excluding tert-OH is 1. The summed E-state index contributed by atoms with van der Waals surface area (Å²) in [6, 6.07) is 17.4. The van der Waals surface area contributed by atoms with E-state index in [1.807, 2.05) is 48.6 Å². The van der Waals surface area contributed by atoms with Gasteiger partial charge in [0.1, 0.15) is 5.54 Å². The highest BCUT2D eigenvalue weighted by atomic mass is 16.6. The summed E-state index contributed by atoms with van der Waals surface area (Å²) in [5.74, 6) is 0.151. The molecule has 6 rings (SSSR count). The van der Waals surface area contributed by atoms with Crippen molar-refractivity contribution in [1.82, 2.24) is 0 Å². The molecule has 39 heavy (non-hydrogen) atoms. The van der Waals surface area contributed by atoms with Crippen molar-refractivity contribution in [2.75, 3.05) is 11.5 Å². The van der Waals surface area contributed by atoms with Gasteiger partial charge < -0.3 is 10.0 Å². The van der Waals surface area contributed by atoms with Gasteiger partial charge in [-0.05, 0) is 81.8 Å². The number of allylic oxidation sites excluding steroid dienone is 2. The number of carbonyl (C=O) groups excluding carboxylic acids is 1. The summed E-state index contributed by atoms with van der Waals surface area (Å²) in [5, 5.41) is 22.0. The smallest absolute Gasteiger partial charge is 0.269 e. The third-order valence-electron chi connectivity index (χ3n) is 8.81. The van der Waals surface area contributed by atoms with Crippen LogP contribution in [0.5, 0.6) is 0 Å². The molecule has 0 aromatic heterocycles. The Morgan fingerprint density at radius 1 is 1.05 bits per heavy atom. The van der Waals surface area contributed by atoms with Crippen LogP contribution in [-0.2, 0) is 28.6 Å². The zero-order chi connectivity index (χ0) is 27.5. The summed E-state index contributed by atoms with van der Waals surface area (Å²) < 4.78 is 0. The maximum absolute atomic E-state index is 14.2. The monoisotopic (exact) mass is 520 g/mol. The average molecular weight is 521 g/mol. The number of para-hydroxylation sites is 1. The molecular formula is C33H32N2O4. The second-order valence-corrected chi connectivity index (χ2v) is 11.4. The van der Waals surface area contributed by atoms with Gasteiger partial charge in [0, 0.05) is 29.9 Å². The van der Waals surface area contributed by atoms with E-state index in [0.717, 1.165) is 33.5 Å². The van der Waals surface area contributed by atoms with E-state index in [4.69, 9.17) is 0 Å². The van der Waals surface area contributed by atoms with Crippen molar-refractivity contribution >= 4 is 23.2 Å². The maximum atomic E-state index is 14.2. The first-order valence-electron chi connectivity index (χ1n) is 13.6. The van der Waals surface area contributed by atoms with Gasteiger partial charge in [-0.3, -0.25) is 14.9 Å². The number of aliphatic hydroxyl groups is 1. The molecule has 6 heteroatoms. The molecule has 1 aliphatic heterocycles. The van der Waals surface area contributed by atoms with Gasteiger partial charge in [0.2, 0.25) is 0 Å². The molecule has 3 aliphatic rings. The van der Waals surface area contributed by atoms with Gasteiger partial charge in [0.15, 0.2) is 5.78 Å². The van der Waals surface area contributed by atoms with E-state index in [1.54, 1.807) is 12.1 Å². The van der Waals surface area contributed by atoms with Crippen molar-refractivity contribution in [1.29, 1.82) is 0 Å². The molecule has 6 nitrogen and oxygen atoms in total. The number of benzene rings is 3. The Bertz CT molecular complexity index is 1600. The number of hydrogen-bond acceptors (Lipinski definition) is 5. The van der Waals surface area contributed by atoms with Crippen molar-refractivity contribution in [3.63, 3.8) is 0 Å². The number of nitro benzene ring substituents is 1. The van der Waals surface area contributed by atoms with Crippen LogP contribution >= 0.6 is 0 Å². The predicted molar refractivity (Wildman–Crippen MR) is 154 cm³/mol. The normalized spacial score (nSPS) is 20.8. The first kappa shape index (κ1) is 25.3. The lowest BCUT2D eigenvalue weighted by atomic mass is 9.63. The topological polar surface area (TPSA) is 83.7 Å². The molecule has 0 bridgehead atoms. The van der Waals surface area contributed by atoms with Gasteiger partial charge in [0.05, 0.1) is 11.5 Å². The third-order valence-corrected chi connectivity index (χ3v) is 8.81. The lowest BCUT2D eigenvalue weighted by Crippen LogP contribution is -2.55. The zero-order valence-corrected chi connectivity index (χ0v) is 22.5. The van der Waals surface area contributed by atoms with Gasteiger partial charge in [0.25, 0.3) is 5.69 Å². The van der Waals surface area contributed by atoms with Crippen molar-refractivity contribution in [3.05, 3.63) is 110 Å². The molecular weight excluding hydrogens is 488 g/mol. The fraction of sp³-hybridized carbons (Fsp3) is 0.303. The fourth-order valence-electron chi connectivity index (χ4n) is 7.24. The van der Waals surface area contributed by atoms with E-state index in [-0.39, 0.29) is 28.4 Å². The number of Topliss-reactive ketones (excluding diaryl/α,β-unsaturated/α-hetero) is 1. The molecule has 0 spiro atoms. The molecule has 0 fully saturated rings. The molecule has 3 aromatic carbocycles. The van der Waals surface area contributed by atoms with Gasteiger partial charge >= 0.3 is 0 Å². The number of ketones is 1. The lowest BCUT2D eigenvalue weighted by molar-refractivity contribution is -0.384. The van der Waals surface area contributed by atoms with Crippen LogP contribution in [-0.4, -0.2) is 22.4 Å². The number of carbonyl (C=O) groups is 1. The maximum Gasteiger partial charge on any atom is 0.269 e. The quantitative estimate of drug-likeness (QED) is 0.309. The second kappa shape index (κ2) is 9.02. The van der Waals surface area contributed by atoms with Crippen LogP contribution in [0, 0.1) is 10.1 Å². The average Bonchev–Trinajstić information content (AvgIpc) is 3.11. The molecule has 1 N–H and O–H groups in total. The SMILES string of the molecule is CCC1(N2C(CO)=CC=Cc3ccccc32)C(=O)CCc2c1ccc1c2C(C)(C)Cc2cc([N+](=O)[O-])ccc2-1. The molecule has 0 saturated heterocycles. The Balaban J connectivity index is 1.63. The van der Waals surface area contributed by atoms with Crippen molar-refractivity contribution in [3.8, 4) is 11.1 Å². The van der Waals surface area contributed by atoms with E-state index in [0.29, 0.717) is 31.4 Å². The minimum absolute atomic E-state index is 0.110. The summed E-state index contributed by atoms with van der Waals surface area (Å²) in [4.78, 5) is 27.4. The van der Waals surface area contributed by atoms with Crippen molar-refractivity contribution in [2.24, 2.45) is 0 Å². The van der Waals surface area contributed by atoms with Crippen molar-refractivity contribution in [2.45, 2.75) is 57.4 Å². The van der Waals surface area contributed by atoms with Crippen LogP contribution < -0.4 is 4.90 Å². The summed E-state index contributed by atoms with van der Waals surface area (Å²) in [7, 11) is 0. The minimum atomic E-state index is -0.967. The van der Waals surface area contributed by atoms with E-state index >= 15 is 0 Å². The summed E-state index contributed by atoms with van der Waals surface area (Å²) in [5.41, 5.74) is 7.96. The van der Waals surface area contributed by atoms with Crippen molar-refractivity contribution < 1.29 is 14.8 Å². The Morgan fingerprint density at radius 3 is 2.56 bits per heavy atom. The van der Waals surface area contributed by atoms with E-state index in [9.17, 15) is 20.0 Å². The predicted octanol–water partition coefficient (Wildman–Crippen LogP) is 6.63. The van der Waals surface area contributed by atoms with Gasteiger partial charge in [-0.1, -0.05) is 63.3 Å². The summed E-state index contributed by atoms with van der Waals surface area (Å²) in [6.07, 6.45) is 8.15. The number of rotatable bonds is 4. The van der Waals surface area contributed by atoms with Crippen LogP contribution in [0.25, 0.3) is 17.2 Å². The molecule has 1 heterocycles. The molecule has 198 valence electrons. The zero-order valence-electron chi connectivity index (χ0n) is 22.5. The standard InChI is InChI=1S/C33H32N2O4/c1-4-33(34-24(20-36)10-7-9-21-8-5-6-11-29(21)34)28-16-14-26-25-13-12-23(35(38)39)18-22(25)19-32(2,3)31(26)27(28)15-17-30(33)37/h5-14,16,18,36H,4,15,17,19-20H2,1-3H3. The van der Waals surface area contributed by atoms with E-state index in [1.165, 1.54) is 11.1 Å². The number of non-ortho nitro benzene ring substituents is 1. The molecule has 2 aliphatic carbocycles. The molecule has 1 unspecified atom stereocenters. The van der Waals surface area contributed by atoms with E-state index < -0.39 is 5.54 Å². The molecule has 0 amide bonds. The minimum Gasteiger partial charge on any atom is -0.390 e. The second-order valence-electron chi connectivity index (χ2n) is 11.4. The molecule has 3 aromatic rings. The Hall–Kier alpha value is -4.03. The lowest BCUT2D eigenvalue weighted by Gasteiger charge is -2.49. The van der Waals surface area contributed by atoms with Crippen LogP contribution in [0.4, 0.5) is 11.4 Å². The number of nitro groups is 1. The Labute approximate surface area is 228 Å². The highest BCUT2D eigenvalue weighted by Crippen LogP contribution is 2.52. The first-order valence-corrected chi connectivity index (χ1v) is 13.6. The largest absolute Gasteiger partial charge is 0.390 e. The molecule has 0 radical (unpaired) electrons. The summed E-state index contributed by atoms with van der Waals surface area (Å²) >= 11 is 0. The Morgan fingerprint density at radius 2 is 1.82 bits per heavy atom.